The van der Waals surface area contributed by atoms with Crippen molar-refractivity contribution in [2.24, 2.45) is 0 Å². The molecule has 3 N–H and O–H groups in total. The summed E-state index contributed by atoms with van der Waals surface area (Å²) in [6.45, 7) is 8.93. The van der Waals surface area contributed by atoms with Crippen molar-refractivity contribution in [3.63, 3.8) is 0 Å². The average molecular weight is 305 g/mol. The van der Waals surface area contributed by atoms with E-state index in [1.807, 2.05) is 13.8 Å². The fourth-order valence-corrected chi connectivity index (χ4v) is 1.90. The predicted molar refractivity (Wildman–Crippen MR) is 86.8 cm³/mol. The van der Waals surface area contributed by atoms with E-state index in [2.05, 4.69) is 11.9 Å². The van der Waals surface area contributed by atoms with Crippen molar-refractivity contribution >= 4 is 17.5 Å². The Morgan fingerprint density at radius 3 is 2.59 bits per heavy atom. The Morgan fingerprint density at radius 1 is 1.36 bits per heavy atom. The van der Waals surface area contributed by atoms with Crippen molar-refractivity contribution in [1.82, 2.24) is 10.2 Å². The number of ether oxygens (including phenoxy) is 1. The molecule has 0 saturated carbocycles. The van der Waals surface area contributed by atoms with Crippen molar-refractivity contribution in [3.05, 3.63) is 36.4 Å². The van der Waals surface area contributed by atoms with Crippen LogP contribution in [0.1, 0.15) is 24.2 Å². The van der Waals surface area contributed by atoms with Crippen LogP contribution in [0.5, 0.6) is 5.75 Å². The number of hydrogen-bond donors (Lipinski definition) is 2. The fraction of sp³-hybridized carbons (Fsp3) is 0.375. The molecule has 2 amide bonds. The lowest BCUT2D eigenvalue weighted by atomic mass is 10.1. The molecular weight excluding hydrogens is 282 g/mol. The minimum atomic E-state index is -0.239. The number of nitrogens with two attached hydrogens (primary N) is 1. The molecule has 0 heterocycles. The molecule has 1 aromatic carbocycles. The molecule has 0 bridgehead atoms. The molecular formula is C16H23N3O3. The van der Waals surface area contributed by atoms with Gasteiger partial charge in [0.2, 0.25) is 0 Å². The molecule has 120 valence electrons. The first kappa shape index (κ1) is 17.6. The minimum Gasteiger partial charge on any atom is -0.482 e. The number of nitrogens with one attached hydrogen (secondary N) is 1. The number of benzene rings is 1. The summed E-state index contributed by atoms with van der Waals surface area (Å²) in [5.41, 5.74) is 6.62. The van der Waals surface area contributed by atoms with Crippen LogP contribution in [0.25, 0.3) is 0 Å². The third kappa shape index (κ3) is 4.80. The van der Waals surface area contributed by atoms with Gasteiger partial charge in [-0.3, -0.25) is 9.59 Å². The van der Waals surface area contributed by atoms with Gasteiger partial charge in [-0.2, -0.15) is 0 Å². The molecule has 0 aliphatic rings. The molecule has 6 heteroatoms. The van der Waals surface area contributed by atoms with Gasteiger partial charge in [-0.1, -0.05) is 6.08 Å². The zero-order chi connectivity index (χ0) is 16.5. The quantitative estimate of drug-likeness (QED) is 0.562. The summed E-state index contributed by atoms with van der Waals surface area (Å²) in [5.74, 6) is 0.0512. The van der Waals surface area contributed by atoms with E-state index in [1.165, 1.54) is 6.07 Å². The summed E-state index contributed by atoms with van der Waals surface area (Å²) in [6.07, 6.45) is 1.59. The fourth-order valence-electron chi connectivity index (χ4n) is 1.90. The Labute approximate surface area is 130 Å². The Kier molecular flexibility index (Phi) is 6.95. The number of likely N-dealkylation sites (N-methyl/N-ethyl adjacent to an activating group) is 1. The van der Waals surface area contributed by atoms with Crippen molar-refractivity contribution in [2.45, 2.75) is 13.8 Å². The summed E-state index contributed by atoms with van der Waals surface area (Å²) >= 11 is 0. The van der Waals surface area contributed by atoms with E-state index in [0.29, 0.717) is 36.6 Å². The third-order valence-electron chi connectivity index (χ3n) is 3.15. The lowest BCUT2D eigenvalue weighted by Crippen LogP contribution is -2.34. The number of nitrogen functional groups attached to an aromatic ring is 1. The van der Waals surface area contributed by atoms with E-state index in [1.54, 1.807) is 23.1 Å². The van der Waals surface area contributed by atoms with Gasteiger partial charge in [-0.15, -0.1) is 6.58 Å². The SMILES string of the molecule is C=CCNC(=O)c1ccc(OCC(=O)N(CC)CC)c(N)c1. The van der Waals surface area contributed by atoms with Crippen molar-refractivity contribution in [2.75, 3.05) is 32.0 Å². The van der Waals surface area contributed by atoms with E-state index >= 15 is 0 Å². The van der Waals surface area contributed by atoms with Crippen LogP contribution in [0.4, 0.5) is 5.69 Å². The van der Waals surface area contributed by atoms with Crippen LogP contribution in [-0.2, 0) is 4.79 Å². The molecule has 0 aliphatic carbocycles. The van der Waals surface area contributed by atoms with Crippen molar-refractivity contribution in [1.29, 1.82) is 0 Å². The number of amides is 2. The van der Waals surface area contributed by atoms with Crippen LogP contribution in [0, 0.1) is 0 Å². The summed E-state index contributed by atoms with van der Waals surface area (Å²) < 4.78 is 5.43. The molecule has 1 aromatic rings. The summed E-state index contributed by atoms with van der Waals surface area (Å²) in [5, 5.41) is 2.66. The molecule has 0 unspecified atom stereocenters. The average Bonchev–Trinajstić information content (AvgIpc) is 2.52. The number of rotatable bonds is 8. The van der Waals surface area contributed by atoms with Gasteiger partial charge in [-0.25, -0.2) is 0 Å². The van der Waals surface area contributed by atoms with Crippen molar-refractivity contribution < 1.29 is 14.3 Å². The molecule has 22 heavy (non-hydrogen) atoms. The molecule has 0 radical (unpaired) electrons. The maximum atomic E-state index is 11.9. The van der Waals surface area contributed by atoms with Gasteiger partial charge in [0, 0.05) is 25.2 Å². The standard InChI is InChI=1S/C16H23N3O3/c1-4-9-18-16(21)12-7-8-14(13(17)10-12)22-11-15(20)19(5-2)6-3/h4,7-8,10H,1,5-6,9,11,17H2,2-3H3,(H,18,21). The Bertz CT molecular complexity index is 539. The van der Waals surface area contributed by atoms with E-state index < -0.39 is 0 Å². The Balaban J connectivity index is 2.68. The zero-order valence-electron chi connectivity index (χ0n) is 13.1. The van der Waals surface area contributed by atoms with Gasteiger partial charge in [0.1, 0.15) is 5.75 Å². The zero-order valence-corrected chi connectivity index (χ0v) is 13.1. The molecule has 1 rings (SSSR count). The second-order valence-corrected chi connectivity index (χ2v) is 4.61. The van der Waals surface area contributed by atoms with Crippen LogP contribution in [0.2, 0.25) is 0 Å². The highest BCUT2D eigenvalue weighted by molar-refractivity contribution is 5.95. The van der Waals surface area contributed by atoms with Crippen LogP contribution >= 0.6 is 0 Å². The lowest BCUT2D eigenvalue weighted by Gasteiger charge is -2.19. The molecule has 0 fully saturated rings. The highest BCUT2D eigenvalue weighted by atomic mass is 16.5. The molecule has 0 aromatic heterocycles. The van der Waals surface area contributed by atoms with Gasteiger partial charge in [0.25, 0.3) is 11.8 Å². The molecule has 0 atom stereocenters. The van der Waals surface area contributed by atoms with Crippen LogP contribution < -0.4 is 15.8 Å². The first-order valence-corrected chi connectivity index (χ1v) is 7.22. The normalized spacial score (nSPS) is 9.91. The number of carbonyl (C=O) groups is 2. The molecule has 6 nitrogen and oxygen atoms in total. The summed E-state index contributed by atoms with van der Waals surface area (Å²) in [7, 11) is 0. The first-order valence-electron chi connectivity index (χ1n) is 7.22. The van der Waals surface area contributed by atoms with Crippen molar-refractivity contribution in [3.8, 4) is 5.75 Å². The van der Waals surface area contributed by atoms with Gasteiger partial charge in [0.05, 0.1) is 5.69 Å². The molecule has 0 aliphatic heterocycles. The largest absolute Gasteiger partial charge is 0.482 e. The maximum absolute atomic E-state index is 11.9. The van der Waals surface area contributed by atoms with Gasteiger partial charge in [0.15, 0.2) is 6.61 Å². The first-order chi connectivity index (χ1) is 10.5. The highest BCUT2D eigenvalue weighted by Gasteiger charge is 2.12. The van der Waals surface area contributed by atoms with Gasteiger partial charge in [-0.05, 0) is 32.0 Å². The number of nitrogens with zero attached hydrogens (tertiary/aromatic N) is 1. The van der Waals surface area contributed by atoms with Crippen LogP contribution in [0.3, 0.4) is 0 Å². The number of anilines is 1. The predicted octanol–water partition coefficient (Wildman–Crippen LogP) is 1.43. The second kappa shape index (κ2) is 8.71. The Hall–Kier alpha value is -2.50. The molecule has 0 spiro atoms. The lowest BCUT2D eigenvalue weighted by molar-refractivity contribution is -0.132. The van der Waals surface area contributed by atoms with E-state index in [-0.39, 0.29) is 18.4 Å². The Morgan fingerprint density at radius 2 is 2.05 bits per heavy atom. The highest BCUT2D eigenvalue weighted by Crippen LogP contribution is 2.22. The van der Waals surface area contributed by atoms with Gasteiger partial charge >= 0.3 is 0 Å². The van der Waals surface area contributed by atoms with Gasteiger partial charge < -0.3 is 20.7 Å². The van der Waals surface area contributed by atoms with E-state index in [9.17, 15) is 9.59 Å². The third-order valence-corrected chi connectivity index (χ3v) is 3.15. The number of hydrogen-bond acceptors (Lipinski definition) is 4. The molecule has 0 saturated heterocycles. The summed E-state index contributed by atoms with van der Waals surface area (Å²) in [6, 6.07) is 4.72. The second-order valence-electron chi connectivity index (χ2n) is 4.61. The monoisotopic (exact) mass is 305 g/mol. The maximum Gasteiger partial charge on any atom is 0.260 e. The van der Waals surface area contributed by atoms with Crippen LogP contribution in [0.15, 0.2) is 30.9 Å². The summed E-state index contributed by atoms with van der Waals surface area (Å²) in [4.78, 5) is 25.3. The van der Waals surface area contributed by atoms with E-state index in [0.717, 1.165) is 0 Å². The smallest absolute Gasteiger partial charge is 0.260 e. The topological polar surface area (TPSA) is 84.7 Å². The number of carbonyl (C=O) groups excluding carboxylic acids is 2. The minimum absolute atomic E-state index is 0.0755. The van der Waals surface area contributed by atoms with Crippen LogP contribution in [-0.4, -0.2) is 43.0 Å². The van der Waals surface area contributed by atoms with E-state index in [4.69, 9.17) is 10.5 Å².